The van der Waals surface area contributed by atoms with Gasteiger partial charge < -0.3 is 4.90 Å². The fourth-order valence-electron chi connectivity index (χ4n) is 1.79. The highest BCUT2D eigenvalue weighted by Gasteiger charge is 2.22. The van der Waals surface area contributed by atoms with E-state index in [0.717, 1.165) is 10.8 Å². The number of rotatable bonds is 2. The molecular formula is C12H14N2O3. The molecule has 0 radical (unpaired) electrons. The van der Waals surface area contributed by atoms with E-state index < -0.39 is 0 Å². The first-order valence-corrected chi connectivity index (χ1v) is 5.43. The Balaban J connectivity index is 2.13. The van der Waals surface area contributed by atoms with Crippen LogP contribution in [0.4, 0.5) is 5.69 Å². The Bertz CT molecular complexity index is 442. The minimum Gasteiger partial charge on any atom is -0.360 e. The molecule has 0 saturated carbocycles. The van der Waals surface area contributed by atoms with Crippen molar-refractivity contribution < 1.29 is 14.8 Å². The Morgan fingerprint density at radius 3 is 2.41 bits per heavy atom. The van der Waals surface area contributed by atoms with E-state index in [1.807, 2.05) is 17.0 Å². The Morgan fingerprint density at radius 2 is 1.88 bits per heavy atom. The second-order valence-electron chi connectivity index (χ2n) is 4.04. The van der Waals surface area contributed by atoms with Crippen LogP contribution < -0.4 is 4.90 Å². The van der Waals surface area contributed by atoms with Gasteiger partial charge in [-0.2, -0.15) is 0 Å². The van der Waals surface area contributed by atoms with E-state index >= 15 is 0 Å². The standard InChI is InChI=1S/C12H14N2O3/c1-9(15)10-2-4-11(5-3-10)13-6-7-14(17)12(16)8-13/h2-5,17H,6-8H2,1H3. The van der Waals surface area contributed by atoms with Crippen molar-refractivity contribution in [3.8, 4) is 0 Å². The zero-order chi connectivity index (χ0) is 12.4. The van der Waals surface area contributed by atoms with E-state index in [9.17, 15) is 14.8 Å². The van der Waals surface area contributed by atoms with Crippen LogP contribution in [-0.4, -0.2) is 41.6 Å². The van der Waals surface area contributed by atoms with Crippen LogP contribution in [0.5, 0.6) is 0 Å². The van der Waals surface area contributed by atoms with Crippen molar-refractivity contribution in [3.05, 3.63) is 29.8 Å². The summed E-state index contributed by atoms with van der Waals surface area (Å²) < 4.78 is 0. The summed E-state index contributed by atoms with van der Waals surface area (Å²) in [5.74, 6) is -0.292. The maximum atomic E-state index is 11.3. The van der Waals surface area contributed by atoms with Crippen molar-refractivity contribution in [1.82, 2.24) is 5.06 Å². The molecule has 0 aromatic heterocycles. The van der Waals surface area contributed by atoms with E-state index in [2.05, 4.69) is 0 Å². The zero-order valence-corrected chi connectivity index (χ0v) is 9.59. The van der Waals surface area contributed by atoms with E-state index in [-0.39, 0.29) is 18.2 Å². The first kappa shape index (κ1) is 11.6. The van der Waals surface area contributed by atoms with Crippen LogP contribution in [0.3, 0.4) is 0 Å². The molecule has 1 aliphatic heterocycles. The van der Waals surface area contributed by atoms with Gasteiger partial charge in [-0.3, -0.25) is 14.8 Å². The maximum Gasteiger partial charge on any atom is 0.265 e. The first-order valence-electron chi connectivity index (χ1n) is 5.43. The first-order chi connectivity index (χ1) is 8.08. The van der Waals surface area contributed by atoms with Crippen LogP contribution >= 0.6 is 0 Å². The van der Waals surface area contributed by atoms with Gasteiger partial charge in [0.1, 0.15) is 0 Å². The van der Waals surface area contributed by atoms with Crippen LogP contribution in [0, 0.1) is 0 Å². The number of hydrogen-bond acceptors (Lipinski definition) is 4. The van der Waals surface area contributed by atoms with Gasteiger partial charge in [-0.1, -0.05) is 0 Å². The second kappa shape index (κ2) is 4.55. The molecule has 17 heavy (non-hydrogen) atoms. The molecular weight excluding hydrogens is 220 g/mol. The molecule has 1 aliphatic rings. The summed E-state index contributed by atoms with van der Waals surface area (Å²) in [6.45, 7) is 2.56. The number of hydrogen-bond donors (Lipinski definition) is 1. The fraction of sp³-hybridized carbons (Fsp3) is 0.333. The Morgan fingerprint density at radius 1 is 1.24 bits per heavy atom. The molecule has 2 rings (SSSR count). The Kier molecular flexibility index (Phi) is 3.10. The molecule has 1 saturated heterocycles. The summed E-state index contributed by atoms with van der Waals surface area (Å²) in [6.07, 6.45) is 0. The molecule has 5 nitrogen and oxygen atoms in total. The van der Waals surface area contributed by atoms with Crippen LogP contribution in [0.25, 0.3) is 0 Å². The number of amides is 1. The highest BCUT2D eigenvalue weighted by Crippen LogP contribution is 2.17. The highest BCUT2D eigenvalue weighted by atomic mass is 16.5. The third-order valence-electron chi connectivity index (χ3n) is 2.83. The topological polar surface area (TPSA) is 60.9 Å². The third-order valence-corrected chi connectivity index (χ3v) is 2.83. The molecule has 0 aliphatic carbocycles. The molecule has 1 heterocycles. The van der Waals surface area contributed by atoms with Crippen molar-refractivity contribution in [2.75, 3.05) is 24.5 Å². The van der Waals surface area contributed by atoms with Crippen LogP contribution in [0.2, 0.25) is 0 Å². The van der Waals surface area contributed by atoms with Crippen molar-refractivity contribution in [3.63, 3.8) is 0 Å². The van der Waals surface area contributed by atoms with E-state index in [4.69, 9.17) is 0 Å². The molecule has 1 N–H and O–H groups in total. The number of Topliss-reactive ketones (excluding diaryl/α,β-unsaturated/α-hetero) is 1. The largest absolute Gasteiger partial charge is 0.360 e. The van der Waals surface area contributed by atoms with Crippen LogP contribution in [0.1, 0.15) is 17.3 Å². The molecule has 0 bridgehead atoms. The van der Waals surface area contributed by atoms with Crippen LogP contribution in [0.15, 0.2) is 24.3 Å². The van der Waals surface area contributed by atoms with E-state index in [1.54, 1.807) is 12.1 Å². The van der Waals surface area contributed by atoms with Gasteiger partial charge in [0.15, 0.2) is 5.78 Å². The van der Waals surface area contributed by atoms with Gasteiger partial charge in [0, 0.05) is 17.8 Å². The number of benzene rings is 1. The van der Waals surface area contributed by atoms with Gasteiger partial charge in [-0.15, -0.1) is 0 Å². The number of carbonyl (C=O) groups excluding carboxylic acids is 2. The molecule has 1 aromatic carbocycles. The fourth-order valence-corrected chi connectivity index (χ4v) is 1.79. The molecule has 5 heteroatoms. The average Bonchev–Trinajstić information content (AvgIpc) is 2.33. The smallest absolute Gasteiger partial charge is 0.265 e. The molecule has 0 spiro atoms. The monoisotopic (exact) mass is 234 g/mol. The van der Waals surface area contributed by atoms with Crippen LogP contribution in [-0.2, 0) is 4.79 Å². The number of carbonyl (C=O) groups is 2. The predicted molar refractivity (Wildman–Crippen MR) is 62.2 cm³/mol. The van der Waals surface area contributed by atoms with E-state index in [1.165, 1.54) is 6.92 Å². The third kappa shape index (κ3) is 2.45. The van der Waals surface area contributed by atoms with Crippen molar-refractivity contribution in [2.24, 2.45) is 0 Å². The summed E-state index contributed by atoms with van der Waals surface area (Å²) in [6, 6.07) is 7.12. The van der Waals surface area contributed by atoms with Gasteiger partial charge in [0.05, 0.1) is 13.1 Å². The second-order valence-corrected chi connectivity index (χ2v) is 4.04. The Labute approximate surface area is 99.2 Å². The summed E-state index contributed by atoms with van der Waals surface area (Å²) in [7, 11) is 0. The van der Waals surface area contributed by atoms with Gasteiger partial charge in [0.25, 0.3) is 5.91 Å². The van der Waals surface area contributed by atoms with E-state index in [0.29, 0.717) is 18.7 Å². The van der Waals surface area contributed by atoms with Crippen molar-refractivity contribution >= 4 is 17.4 Å². The zero-order valence-electron chi connectivity index (χ0n) is 9.59. The SMILES string of the molecule is CC(=O)c1ccc(N2CCN(O)C(=O)C2)cc1. The van der Waals surface area contributed by atoms with Crippen molar-refractivity contribution in [2.45, 2.75) is 6.92 Å². The number of piperazine rings is 1. The lowest BCUT2D eigenvalue weighted by molar-refractivity contribution is -0.165. The van der Waals surface area contributed by atoms with Gasteiger partial charge >= 0.3 is 0 Å². The number of ketones is 1. The molecule has 0 atom stereocenters. The summed E-state index contributed by atoms with van der Waals surface area (Å²) in [4.78, 5) is 24.3. The predicted octanol–water partition coefficient (Wildman–Crippen LogP) is 0.927. The lowest BCUT2D eigenvalue weighted by atomic mass is 10.1. The van der Waals surface area contributed by atoms with Gasteiger partial charge in [-0.05, 0) is 31.2 Å². The lowest BCUT2D eigenvalue weighted by Gasteiger charge is -2.32. The summed E-state index contributed by atoms with van der Waals surface area (Å²) >= 11 is 0. The highest BCUT2D eigenvalue weighted by molar-refractivity contribution is 5.94. The summed E-state index contributed by atoms with van der Waals surface area (Å²) in [5, 5.41) is 9.91. The normalized spacial score (nSPS) is 16.2. The molecule has 1 fully saturated rings. The Hall–Kier alpha value is -1.88. The van der Waals surface area contributed by atoms with Gasteiger partial charge in [0.2, 0.25) is 0 Å². The molecule has 1 aromatic rings. The average molecular weight is 234 g/mol. The minimum atomic E-state index is -0.313. The van der Waals surface area contributed by atoms with Crippen molar-refractivity contribution in [1.29, 1.82) is 0 Å². The lowest BCUT2D eigenvalue weighted by Crippen LogP contribution is -2.48. The quantitative estimate of drug-likeness (QED) is 0.610. The molecule has 1 amide bonds. The minimum absolute atomic E-state index is 0.0211. The molecule has 90 valence electrons. The summed E-state index contributed by atoms with van der Waals surface area (Å²) in [5.41, 5.74) is 1.54. The number of anilines is 1. The number of hydroxylamine groups is 2. The van der Waals surface area contributed by atoms with Gasteiger partial charge in [-0.25, -0.2) is 5.06 Å². The maximum absolute atomic E-state index is 11.3. The number of nitrogens with zero attached hydrogens (tertiary/aromatic N) is 2. The molecule has 0 unspecified atom stereocenters.